The second-order valence-electron chi connectivity index (χ2n) is 15.9. The van der Waals surface area contributed by atoms with Gasteiger partial charge in [-0.15, -0.1) is 0 Å². The summed E-state index contributed by atoms with van der Waals surface area (Å²) in [4.78, 5) is 52.2. The molecule has 0 heterocycles. The van der Waals surface area contributed by atoms with E-state index in [4.69, 9.17) is 23.7 Å². The Kier molecular flexibility index (Phi) is 24.3. The summed E-state index contributed by atoms with van der Waals surface area (Å²) in [5.74, 6) is -1.21. The van der Waals surface area contributed by atoms with Crippen molar-refractivity contribution in [1.29, 1.82) is 0 Å². The van der Waals surface area contributed by atoms with Gasteiger partial charge in [-0.25, -0.2) is 9.59 Å². The summed E-state index contributed by atoms with van der Waals surface area (Å²) < 4.78 is 27.7. The maximum absolute atomic E-state index is 13.3. The zero-order chi connectivity index (χ0) is 41.0. The van der Waals surface area contributed by atoms with Gasteiger partial charge in [0.05, 0.1) is 12.5 Å². The molecule has 0 saturated carbocycles. The summed E-state index contributed by atoms with van der Waals surface area (Å²) in [6.07, 6.45) is 17.0. The van der Waals surface area contributed by atoms with Crippen LogP contribution in [0.15, 0.2) is 54.6 Å². The van der Waals surface area contributed by atoms with Crippen LogP contribution in [0.2, 0.25) is 0 Å². The molecule has 0 fully saturated rings. The normalized spacial score (nSPS) is 12.4. The summed E-state index contributed by atoms with van der Waals surface area (Å²) in [7, 11) is 1.58. The highest BCUT2D eigenvalue weighted by Crippen LogP contribution is 2.27. The van der Waals surface area contributed by atoms with Crippen molar-refractivity contribution in [2.24, 2.45) is 11.3 Å². The van der Waals surface area contributed by atoms with Gasteiger partial charge in [0, 0.05) is 12.8 Å². The number of unbranched alkanes of at least 4 members (excludes halogenated alkanes) is 14. The molecule has 1 unspecified atom stereocenters. The van der Waals surface area contributed by atoms with E-state index in [2.05, 4.69) is 12.2 Å². The van der Waals surface area contributed by atoms with Gasteiger partial charge in [0.1, 0.15) is 37.7 Å². The van der Waals surface area contributed by atoms with Crippen molar-refractivity contribution in [3.63, 3.8) is 0 Å². The van der Waals surface area contributed by atoms with Gasteiger partial charge < -0.3 is 29.0 Å². The van der Waals surface area contributed by atoms with Crippen LogP contribution in [0.5, 0.6) is 5.75 Å². The van der Waals surface area contributed by atoms with Crippen molar-refractivity contribution in [3.8, 4) is 5.75 Å². The van der Waals surface area contributed by atoms with Gasteiger partial charge >= 0.3 is 24.0 Å². The topological polar surface area (TPSA) is 126 Å². The summed E-state index contributed by atoms with van der Waals surface area (Å²) in [6.45, 7) is 9.05. The van der Waals surface area contributed by atoms with E-state index in [0.29, 0.717) is 12.2 Å². The predicted molar refractivity (Wildman–Crippen MR) is 220 cm³/mol. The van der Waals surface area contributed by atoms with Crippen LogP contribution in [0.1, 0.15) is 155 Å². The monoisotopic (exact) mass is 782 g/mol. The molecule has 2 aromatic carbocycles. The average Bonchev–Trinajstić information content (AvgIpc) is 3.18. The Morgan fingerprint density at radius 1 is 0.661 bits per heavy atom. The minimum Gasteiger partial charge on any atom is -0.497 e. The van der Waals surface area contributed by atoms with E-state index in [-0.39, 0.29) is 38.6 Å². The van der Waals surface area contributed by atoms with Gasteiger partial charge in [-0.05, 0) is 49.4 Å². The van der Waals surface area contributed by atoms with E-state index in [1.807, 2.05) is 42.5 Å². The third kappa shape index (κ3) is 21.3. The van der Waals surface area contributed by atoms with Crippen molar-refractivity contribution < 1.29 is 42.9 Å². The standard InChI is InChI=1S/C46H71NO9/c1-7-8-9-10-11-12-13-14-15-16-17-18-19-20-24-27-41(48)56-40(32-46(4,5)44(50)54-33-38-28-30-39(52-6)31-29-38)35-53-43(49)42(36(2)3)47-45(51)55-34-37-25-22-21-23-26-37/h21-23,25-26,28-31,36,40,42H,7-20,24,27,32-35H2,1-6H3,(H,47,51)/t40?,42-/m0/s1. The van der Waals surface area contributed by atoms with Crippen LogP contribution in [0, 0.1) is 11.3 Å². The molecule has 2 aromatic rings. The number of carbonyl (C=O) groups excluding carboxylic acids is 4. The lowest BCUT2D eigenvalue weighted by Gasteiger charge is -2.28. The molecule has 0 aliphatic heterocycles. The summed E-state index contributed by atoms with van der Waals surface area (Å²) in [5.41, 5.74) is 0.533. The van der Waals surface area contributed by atoms with Crippen LogP contribution in [-0.2, 0) is 46.5 Å². The number of nitrogens with one attached hydrogen (secondary N) is 1. The minimum atomic E-state index is -1.07. The fourth-order valence-corrected chi connectivity index (χ4v) is 6.39. The molecule has 2 atom stereocenters. The highest BCUT2D eigenvalue weighted by molar-refractivity contribution is 5.81. The van der Waals surface area contributed by atoms with Crippen LogP contribution < -0.4 is 10.1 Å². The number of hydrogen-bond acceptors (Lipinski definition) is 9. The summed E-state index contributed by atoms with van der Waals surface area (Å²) in [5, 5.41) is 2.60. The second-order valence-corrected chi connectivity index (χ2v) is 15.9. The van der Waals surface area contributed by atoms with Crippen molar-refractivity contribution in [2.75, 3.05) is 13.7 Å². The maximum Gasteiger partial charge on any atom is 0.408 e. The number of carbonyl (C=O) groups is 4. The lowest BCUT2D eigenvalue weighted by molar-refractivity contribution is -0.167. The highest BCUT2D eigenvalue weighted by atomic mass is 16.6. The smallest absolute Gasteiger partial charge is 0.408 e. The summed E-state index contributed by atoms with van der Waals surface area (Å²) >= 11 is 0. The Labute approximate surface area is 337 Å². The molecule has 0 spiro atoms. The molecule has 2 rings (SSSR count). The zero-order valence-corrected chi connectivity index (χ0v) is 35.2. The fourth-order valence-electron chi connectivity index (χ4n) is 6.39. The maximum atomic E-state index is 13.3. The van der Waals surface area contributed by atoms with Crippen LogP contribution in [-0.4, -0.2) is 49.9 Å². The van der Waals surface area contributed by atoms with E-state index in [1.54, 1.807) is 46.9 Å². The van der Waals surface area contributed by atoms with Gasteiger partial charge in [0.15, 0.2) is 0 Å². The number of benzene rings is 2. The van der Waals surface area contributed by atoms with Gasteiger partial charge in [-0.1, -0.05) is 153 Å². The van der Waals surface area contributed by atoms with Crippen molar-refractivity contribution in [3.05, 3.63) is 65.7 Å². The Morgan fingerprint density at radius 2 is 1.18 bits per heavy atom. The Balaban J connectivity index is 1.88. The number of hydrogen-bond donors (Lipinski definition) is 1. The molecule has 56 heavy (non-hydrogen) atoms. The molecular weight excluding hydrogens is 711 g/mol. The van der Waals surface area contributed by atoms with E-state index in [9.17, 15) is 19.2 Å². The lowest BCUT2D eigenvalue weighted by Crippen LogP contribution is -2.46. The van der Waals surface area contributed by atoms with Crippen molar-refractivity contribution in [1.82, 2.24) is 5.32 Å². The third-order valence-corrected chi connectivity index (χ3v) is 9.92. The number of amides is 1. The van der Waals surface area contributed by atoms with Crippen molar-refractivity contribution in [2.45, 2.75) is 169 Å². The predicted octanol–water partition coefficient (Wildman–Crippen LogP) is 10.8. The van der Waals surface area contributed by atoms with Gasteiger partial charge in [-0.3, -0.25) is 9.59 Å². The Bertz CT molecular complexity index is 1380. The third-order valence-electron chi connectivity index (χ3n) is 9.92. The number of methoxy groups -OCH3 is 1. The van der Waals surface area contributed by atoms with Gasteiger partial charge in [0.2, 0.25) is 0 Å². The first-order chi connectivity index (χ1) is 26.9. The van der Waals surface area contributed by atoms with E-state index < -0.39 is 41.6 Å². The molecule has 0 saturated heterocycles. The first kappa shape index (κ1) is 48.1. The average molecular weight is 782 g/mol. The van der Waals surface area contributed by atoms with Crippen LogP contribution in [0.3, 0.4) is 0 Å². The van der Waals surface area contributed by atoms with Crippen LogP contribution in [0.4, 0.5) is 4.79 Å². The molecule has 0 radical (unpaired) electrons. The van der Waals surface area contributed by atoms with E-state index in [0.717, 1.165) is 30.4 Å². The molecule has 314 valence electrons. The first-order valence-electron chi connectivity index (χ1n) is 21.1. The minimum absolute atomic E-state index is 0.0492. The number of rotatable bonds is 30. The molecule has 0 aromatic heterocycles. The van der Waals surface area contributed by atoms with Crippen LogP contribution >= 0.6 is 0 Å². The molecule has 1 N–H and O–H groups in total. The molecular formula is C46H71NO9. The number of alkyl carbamates (subject to hydrolysis) is 1. The zero-order valence-electron chi connectivity index (χ0n) is 35.2. The Hall–Kier alpha value is -4.08. The Morgan fingerprint density at radius 3 is 1.71 bits per heavy atom. The molecule has 10 heteroatoms. The lowest BCUT2D eigenvalue weighted by atomic mass is 9.86. The van der Waals surface area contributed by atoms with E-state index in [1.165, 1.54) is 70.6 Å². The quantitative estimate of drug-likeness (QED) is 0.0468. The molecule has 0 aliphatic carbocycles. The largest absolute Gasteiger partial charge is 0.497 e. The van der Waals surface area contributed by atoms with Gasteiger partial charge in [-0.2, -0.15) is 0 Å². The number of esters is 3. The molecule has 0 aliphatic rings. The molecule has 1 amide bonds. The SMILES string of the molecule is CCCCCCCCCCCCCCCCCC(=O)OC(COC(=O)[C@@H](NC(=O)OCc1ccccc1)C(C)C)CC(C)(C)C(=O)OCc1ccc(OC)cc1. The fraction of sp³-hybridized carbons (Fsp3) is 0.652. The van der Waals surface area contributed by atoms with Crippen LogP contribution in [0.25, 0.3) is 0 Å². The van der Waals surface area contributed by atoms with Gasteiger partial charge in [0.25, 0.3) is 0 Å². The molecule has 0 bridgehead atoms. The highest BCUT2D eigenvalue weighted by Gasteiger charge is 2.36. The number of ether oxygens (including phenoxy) is 5. The first-order valence-corrected chi connectivity index (χ1v) is 21.1. The van der Waals surface area contributed by atoms with E-state index >= 15 is 0 Å². The second kappa shape index (κ2) is 28.3. The summed E-state index contributed by atoms with van der Waals surface area (Å²) in [6, 6.07) is 15.4. The molecule has 10 nitrogen and oxygen atoms in total. The van der Waals surface area contributed by atoms with Crippen molar-refractivity contribution >= 4 is 24.0 Å².